The average molecular weight is 495 g/mol. The Morgan fingerprint density at radius 3 is 2.06 bits per heavy atom. The van der Waals surface area contributed by atoms with E-state index in [0.29, 0.717) is 29.0 Å². The lowest BCUT2D eigenvalue weighted by Gasteiger charge is -2.39. The quantitative estimate of drug-likeness (QED) is 0.249. The maximum atomic E-state index is 11.4. The van der Waals surface area contributed by atoms with Crippen molar-refractivity contribution in [2.24, 2.45) is 0 Å². The van der Waals surface area contributed by atoms with Gasteiger partial charge in [0.2, 0.25) is 8.32 Å². The van der Waals surface area contributed by atoms with E-state index in [4.69, 9.17) is 18.6 Å². The lowest BCUT2D eigenvalue weighted by atomic mass is 10.0. The van der Waals surface area contributed by atoms with Crippen LogP contribution in [0.4, 0.5) is 0 Å². The van der Waals surface area contributed by atoms with Crippen LogP contribution in [0.15, 0.2) is 72.8 Å². The Morgan fingerprint density at radius 1 is 0.829 bits per heavy atom. The summed E-state index contributed by atoms with van der Waals surface area (Å²) in [5.74, 6) is 1.34. The van der Waals surface area contributed by atoms with Crippen LogP contribution >= 0.6 is 0 Å². The van der Waals surface area contributed by atoms with Gasteiger partial charge in [0.25, 0.3) is 0 Å². The second-order valence-corrected chi connectivity index (χ2v) is 14.1. The Hall–Kier alpha value is -2.64. The smallest absolute Gasteiger partial charge is 0.229 e. The van der Waals surface area contributed by atoms with E-state index in [1.807, 2.05) is 48.5 Å². The van der Waals surface area contributed by atoms with Gasteiger partial charge in [0.1, 0.15) is 17.6 Å². The van der Waals surface area contributed by atoms with Crippen molar-refractivity contribution in [2.45, 2.75) is 51.5 Å². The second kappa shape index (κ2) is 12.4. The van der Waals surface area contributed by atoms with Gasteiger partial charge in [-0.3, -0.25) is 0 Å². The minimum atomic E-state index is -2.47. The van der Waals surface area contributed by atoms with E-state index in [1.165, 1.54) is 0 Å². The van der Waals surface area contributed by atoms with Gasteiger partial charge in [0, 0.05) is 12.7 Å². The number of methoxy groups -OCH3 is 2. The Morgan fingerprint density at radius 2 is 1.49 bits per heavy atom. The molecule has 0 amide bonds. The van der Waals surface area contributed by atoms with Crippen molar-refractivity contribution in [3.63, 3.8) is 0 Å². The van der Waals surface area contributed by atoms with Gasteiger partial charge in [-0.25, -0.2) is 0 Å². The fraction of sp³-hybridized carbons (Fsp3) is 0.379. The number of rotatable bonds is 12. The molecule has 3 aromatic rings. The van der Waals surface area contributed by atoms with Crippen LogP contribution in [-0.2, 0) is 15.8 Å². The standard InChI is InChI=1S/C29H38O5Si/c1-21(2)35(22(3)4,34-19-23-10-8-7-9-11-23)26-16-17-28(33-20-31-5)27(18-26)29(30)24-12-14-25(32-6)15-13-24/h7-18,21-22,29-30H,19-20H2,1-6H3. The summed E-state index contributed by atoms with van der Waals surface area (Å²) in [6, 6.07) is 23.9. The minimum Gasteiger partial charge on any atom is -0.497 e. The van der Waals surface area contributed by atoms with Crippen LogP contribution in [0.2, 0.25) is 11.1 Å². The summed E-state index contributed by atoms with van der Waals surface area (Å²) in [6.07, 6.45) is -0.868. The van der Waals surface area contributed by atoms with Gasteiger partial charge in [-0.2, -0.15) is 0 Å². The summed E-state index contributed by atoms with van der Waals surface area (Å²) < 4.78 is 23.2. The van der Waals surface area contributed by atoms with E-state index >= 15 is 0 Å². The first-order valence-corrected chi connectivity index (χ1v) is 14.2. The van der Waals surface area contributed by atoms with Crippen molar-refractivity contribution >= 4 is 13.5 Å². The van der Waals surface area contributed by atoms with Crippen LogP contribution in [0, 0.1) is 0 Å². The van der Waals surface area contributed by atoms with Gasteiger partial charge < -0.3 is 23.7 Å². The molecule has 6 heteroatoms. The maximum absolute atomic E-state index is 11.4. The number of hydrogen-bond donors (Lipinski definition) is 1. The predicted molar refractivity (Wildman–Crippen MR) is 143 cm³/mol. The van der Waals surface area contributed by atoms with Gasteiger partial charge in [-0.15, -0.1) is 0 Å². The Kier molecular flexibility index (Phi) is 9.52. The fourth-order valence-electron chi connectivity index (χ4n) is 4.75. The van der Waals surface area contributed by atoms with Crippen molar-refractivity contribution < 1.29 is 23.7 Å². The number of ether oxygens (including phenoxy) is 3. The molecule has 5 nitrogen and oxygen atoms in total. The molecule has 0 saturated heterocycles. The zero-order valence-corrected chi connectivity index (χ0v) is 22.7. The first kappa shape index (κ1) is 27.0. The van der Waals surface area contributed by atoms with Crippen LogP contribution in [0.5, 0.6) is 11.5 Å². The SMILES string of the molecule is COCOc1ccc([Si](OCc2ccccc2)(C(C)C)C(C)C)cc1C(O)c1ccc(OC)cc1. The number of hydrogen-bond acceptors (Lipinski definition) is 5. The van der Waals surface area contributed by atoms with E-state index in [2.05, 4.69) is 52.0 Å². The molecule has 188 valence electrons. The molecule has 35 heavy (non-hydrogen) atoms. The molecule has 0 aromatic heterocycles. The molecular formula is C29H38O5Si. The largest absolute Gasteiger partial charge is 0.497 e. The molecule has 0 aliphatic heterocycles. The molecule has 0 radical (unpaired) electrons. The van der Waals surface area contributed by atoms with E-state index < -0.39 is 14.4 Å². The van der Waals surface area contributed by atoms with Crippen molar-refractivity contribution in [3.05, 3.63) is 89.5 Å². The van der Waals surface area contributed by atoms with E-state index in [0.717, 1.165) is 22.1 Å². The summed E-state index contributed by atoms with van der Waals surface area (Å²) in [6.45, 7) is 9.63. The molecule has 0 aliphatic carbocycles. The molecule has 3 rings (SSSR count). The highest BCUT2D eigenvalue weighted by Crippen LogP contribution is 2.37. The first-order valence-electron chi connectivity index (χ1n) is 12.1. The highest BCUT2D eigenvalue weighted by atomic mass is 28.4. The zero-order chi connectivity index (χ0) is 25.4. The highest BCUT2D eigenvalue weighted by Gasteiger charge is 2.44. The van der Waals surface area contributed by atoms with Gasteiger partial charge in [-0.1, -0.05) is 82.3 Å². The number of aliphatic hydroxyl groups excluding tert-OH is 1. The Bertz CT molecular complexity index is 1040. The minimum absolute atomic E-state index is 0.100. The van der Waals surface area contributed by atoms with E-state index in [-0.39, 0.29) is 6.79 Å². The first-order chi connectivity index (χ1) is 16.8. The molecule has 1 atom stereocenters. The van der Waals surface area contributed by atoms with Crippen molar-refractivity contribution in [1.82, 2.24) is 0 Å². The maximum Gasteiger partial charge on any atom is 0.229 e. The van der Waals surface area contributed by atoms with Gasteiger partial charge >= 0.3 is 0 Å². The third-order valence-electron chi connectivity index (χ3n) is 6.56. The molecule has 0 aliphatic rings. The Labute approximate surface area is 210 Å². The monoisotopic (exact) mass is 494 g/mol. The van der Waals surface area contributed by atoms with Crippen molar-refractivity contribution in [2.75, 3.05) is 21.0 Å². The van der Waals surface area contributed by atoms with E-state index in [1.54, 1.807) is 14.2 Å². The fourth-order valence-corrected chi connectivity index (χ4v) is 9.38. The molecule has 0 fully saturated rings. The molecule has 1 unspecified atom stereocenters. The third-order valence-corrected chi connectivity index (χ3v) is 11.8. The molecular weight excluding hydrogens is 456 g/mol. The molecule has 0 bridgehead atoms. The summed E-state index contributed by atoms with van der Waals surface area (Å²) >= 11 is 0. The number of aliphatic hydroxyl groups is 1. The summed E-state index contributed by atoms with van der Waals surface area (Å²) in [5, 5.41) is 12.6. The second-order valence-electron chi connectivity index (χ2n) is 9.36. The van der Waals surface area contributed by atoms with Crippen LogP contribution in [0.3, 0.4) is 0 Å². The normalized spacial score (nSPS) is 12.7. The van der Waals surface area contributed by atoms with Crippen LogP contribution in [-0.4, -0.2) is 34.4 Å². The van der Waals surface area contributed by atoms with Crippen LogP contribution in [0.1, 0.15) is 50.5 Å². The van der Waals surface area contributed by atoms with Crippen LogP contribution < -0.4 is 14.7 Å². The number of benzene rings is 3. The summed E-state index contributed by atoms with van der Waals surface area (Å²) in [7, 11) is 0.738. The topological polar surface area (TPSA) is 57.2 Å². The van der Waals surface area contributed by atoms with E-state index in [9.17, 15) is 5.11 Å². The summed E-state index contributed by atoms with van der Waals surface area (Å²) in [4.78, 5) is 0. The van der Waals surface area contributed by atoms with Crippen LogP contribution in [0.25, 0.3) is 0 Å². The predicted octanol–water partition coefficient (Wildman–Crippen LogP) is 5.95. The zero-order valence-electron chi connectivity index (χ0n) is 21.7. The molecule has 1 N–H and O–H groups in total. The average Bonchev–Trinajstić information content (AvgIpc) is 2.88. The van der Waals surface area contributed by atoms with Crippen molar-refractivity contribution in [3.8, 4) is 11.5 Å². The third kappa shape index (κ3) is 6.14. The lowest BCUT2D eigenvalue weighted by Crippen LogP contribution is -2.56. The van der Waals surface area contributed by atoms with Gasteiger partial charge in [-0.05, 0) is 45.6 Å². The summed E-state index contributed by atoms with van der Waals surface area (Å²) in [5.41, 5.74) is 3.26. The van der Waals surface area contributed by atoms with Gasteiger partial charge in [0.05, 0.1) is 13.7 Å². The lowest BCUT2D eigenvalue weighted by molar-refractivity contribution is 0.0488. The molecule has 3 aromatic carbocycles. The highest BCUT2D eigenvalue weighted by molar-refractivity contribution is 6.88. The Balaban J connectivity index is 2.07. The molecule has 0 saturated carbocycles. The van der Waals surface area contributed by atoms with Crippen molar-refractivity contribution in [1.29, 1.82) is 0 Å². The van der Waals surface area contributed by atoms with Gasteiger partial charge in [0.15, 0.2) is 6.79 Å². The molecule has 0 spiro atoms. The molecule has 0 heterocycles.